The minimum Gasteiger partial charge on any atom is -0.400 e. The van der Waals surface area contributed by atoms with Gasteiger partial charge >= 0.3 is 0 Å². The Bertz CT molecular complexity index is 814. The van der Waals surface area contributed by atoms with Gasteiger partial charge in [-0.25, -0.2) is 0 Å². The molecule has 1 fully saturated rings. The number of carbonyl (C=O) groups is 1. The molecule has 1 N–H and O–H groups in total. The van der Waals surface area contributed by atoms with Gasteiger partial charge in [0.15, 0.2) is 0 Å². The third kappa shape index (κ3) is 9.11. The van der Waals surface area contributed by atoms with E-state index in [1.54, 1.807) is 11.1 Å². The Morgan fingerprint density at radius 1 is 1.00 bits per heavy atom. The van der Waals surface area contributed by atoms with Crippen LogP contribution < -0.4 is 0 Å². The van der Waals surface area contributed by atoms with E-state index in [9.17, 15) is 0 Å². The van der Waals surface area contributed by atoms with E-state index in [-0.39, 0.29) is 5.54 Å². The van der Waals surface area contributed by atoms with Crippen LogP contribution in [0.5, 0.6) is 0 Å². The van der Waals surface area contributed by atoms with Gasteiger partial charge in [-0.1, -0.05) is 78.0 Å². The number of aliphatic hydroxyl groups excluding tert-OH is 1. The molecule has 1 aromatic rings. The van der Waals surface area contributed by atoms with Crippen molar-refractivity contribution in [1.29, 1.82) is 0 Å². The van der Waals surface area contributed by atoms with Gasteiger partial charge in [-0.05, 0) is 87.6 Å². The van der Waals surface area contributed by atoms with Crippen molar-refractivity contribution < 1.29 is 9.90 Å². The predicted molar refractivity (Wildman–Crippen MR) is 162 cm³/mol. The van der Waals surface area contributed by atoms with Crippen LogP contribution in [0.25, 0.3) is 0 Å². The van der Waals surface area contributed by atoms with Gasteiger partial charge in [0.25, 0.3) is 0 Å². The molecular formula is C33H58N2O2. The van der Waals surface area contributed by atoms with Gasteiger partial charge < -0.3 is 14.8 Å². The molecule has 0 saturated carbocycles. The first-order valence-corrected chi connectivity index (χ1v) is 14.4. The Morgan fingerprint density at radius 3 is 2.03 bits per heavy atom. The van der Waals surface area contributed by atoms with Crippen molar-refractivity contribution in [1.82, 2.24) is 9.80 Å². The SMILES string of the molecule is C=O.CC.CC.CC(C)C1C=CC(C2CC3(CCN(C(C)(C)C)CC3)Cc3ccccc32)=CN1C.CO. The second kappa shape index (κ2) is 16.8. The largest absolute Gasteiger partial charge is 0.400 e. The van der Waals surface area contributed by atoms with Crippen LogP contribution in [0.4, 0.5) is 0 Å². The average molecular weight is 515 g/mol. The van der Waals surface area contributed by atoms with E-state index in [1.165, 1.54) is 44.3 Å². The number of carbonyl (C=O) groups excluding carboxylic acids is 1. The van der Waals surface area contributed by atoms with Crippen molar-refractivity contribution in [3.8, 4) is 0 Å². The first-order chi connectivity index (χ1) is 17.7. The standard InChI is InChI=1S/C27H40N2.2C2H6.CH4O.CH2O/c1-20(2)25-12-11-22(19-28(25)6)24-18-27(17-21-9-7-8-10-23(21)24)13-15-29(16-14-27)26(3,4)5;4*1-2/h7-12,19-20,24-25H,13-18H2,1-6H3;2*1-2H3;2H,1H3;1H2. The molecule has 1 spiro atoms. The number of aliphatic hydroxyl groups is 1. The highest BCUT2D eigenvalue weighted by atomic mass is 16.2. The van der Waals surface area contributed by atoms with Crippen LogP contribution in [0.15, 0.2) is 48.2 Å². The molecule has 212 valence electrons. The van der Waals surface area contributed by atoms with E-state index in [4.69, 9.17) is 9.90 Å². The third-order valence-corrected chi connectivity index (χ3v) is 7.80. The fourth-order valence-electron chi connectivity index (χ4n) is 5.99. The fourth-order valence-corrected chi connectivity index (χ4v) is 5.99. The summed E-state index contributed by atoms with van der Waals surface area (Å²) in [5.74, 6) is 1.17. The number of allylic oxidation sites excluding steroid dienone is 2. The number of rotatable bonds is 2. The number of fused-ring (bicyclic) bond motifs is 1. The summed E-state index contributed by atoms with van der Waals surface area (Å²) in [6.07, 6.45) is 12.5. The summed E-state index contributed by atoms with van der Waals surface area (Å²) in [5.41, 5.74) is 5.42. The highest BCUT2D eigenvalue weighted by Gasteiger charge is 2.43. The fraction of sp³-hybridized carbons (Fsp3) is 0.667. The number of likely N-dealkylation sites (tertiary alicyclic amines) is 1. The topological polar surface area (TPSA) is 43.8 Å². The van der Waals surface area contributed by atoms with Crippen LogP contribution in [-0.2, 0) is 11.2 Å². The van der Waals surface area contributed by atoms with E-state index in [0.717, 1.165) is 7.11 Å². The quantitative estimate of drug-likeness (QED) is 0.444. The van der Waals surface area contributed by atoms with Crippen molar-refractivity contribution >= 4 is 6.79 Å². The molecule has 0 bridgehead atoms. The van der Waals surface area contributed by atoms with Crippen molar-refractivity contribution in [2.45, 2.75) is 105 Å². The molecule has 2 atom stereocenters. The van der Waals surface area contributed by atoms with Crippen LogP contribution in [0.3, 0.4) is 0 Å². The summed E-state index contributed by atoms with van der Waals surface area (Å²) >= 11 is 0. The van der Waals surface area contributed by atoms with Crippen LogP contribution in [0.2, 0.25) is 0 Å². The zero-order valence-electron chi connectivity index (χ0n) is 26.0. The lowest BCUT2D eigenvalue weighted by Gasteiger charge is -2.50. The first-order valence-electron chi connectivity index (χ1n) is 14.4. The second-order valence-electron chi connectivity index (χ2n) is 11.2. The Hall–Kier alpha value is -1.91. The molecular weight excluding hydrogens is 456 g/mol. The molecule has 4 nitrogen and oxygen atoms in total. The summed E-state index contributed by atoms with van der Waals surface area (Å²) in [7, 11) is 3.25. The summed E-state index contributed by atoms with van der Waals surface area (Å²) in [5, 5.41) is 7.00. The first kappa shape index (κ1) is 35.1. The lowest BCUT2D eigenvalue weighted by molar-refractivity contribution is -0.0980. The van der Waals surface area contributed by atoms with Gasteiger partial charge in [-0.15, -0.1) is 0 Å². The van der Waals surface area contributed by atoms with Crippen molar-refractivity contribution in [3.05, 3.63) is 59.3 Å². The predicted octanol–water partition coefficient (Wildman–Crippen LogP) is 7.48. The number of piperidine rings is 1. The van der Waals surface area contributed by atoms with Crippen molar-refractivity contribution in [2.24, 2.45) is 11.3 Å². The molecule has 0 aromatic heterocycles. The normalized spacial score (nSPS) is 22.0. The molecule has 3 aliphatic rings. The van der Waals surface area contributed by atoms with Crippen LogP contribution in [0.1, 0.15) is 98.6 Å². The number of hydrogen-bond donors (Lipinski definition) is 1. The van der Waals surface area contributed by atoms with Gasteiger partial charge in [0, 0.05) is 37.9 Å². The van der Waals surface area contributed by atoms with E-state index in [0.29, 0.717) is 23.3 Å². The summed E-state index contributed by atoms with van der Waals surface area (Å²) < 4.78 is 0. The Kier molecular flexibility index (Phi) is 16.0. The van der Waals surface area contributed by atoms with E-state index < -0.39 is 0 Å². The molecule has 1 aliphatic carbocycles. The molecule has 4 heteroatoms. The molecule has 1 saturated heterocycles. The minimum atomic E-state index is 0.288. The lowest BCUT2D eigenvalue weighted by Crippen LogP contribution is -2.50. The van der Waals surface area contributed by atoms with Crippen LogP contribution >= 0.6 is 0 Å². The van der Waals surface area contributed by atoms with Gasteiger partial charge in [-0.2, -0.15) is 0 Å². The minimum absolute atomic E-state index is 0.288. The Morgan fingerprint density at radius 2 is 1.54 bits per heavy atom. The summed E-state index contributed by atoms with van der Waals surface area (Å²) in [4.78, 5) is 13.1. The van der Waals surface area contributed by atoms with Crippen LogP contribution in [-0.4, -0.2) is 60.5 Å². The third-order valence-electron chi connectivity index (χ3n) is 7.80. The molecule has 0 amide bonds. The number of benzene rings is 1. The van der Waals surface area contributed by atoms with Gasteiger partial charge in [0.05, 0.1) is 0 Å². The Labute approximate surface area is 229 Å². The van der Waals surface area contributed by atoms with Crippen molar-refractivity contribution in [3.63, 3.8) is 0 Å². The molecule has 4 rings (SSSR count). The van der Waals surface area contributed by atoms with Gasteiger partial charge in [-0.3, -0.25) is 4.90 Å². The number of hydrogen-bond acceptors (Lipinski definition) is 4. The number of nitrogens with zero attached hydrogens (tertiary/aromatic N) is 2. The maximum Gasteiger partial charge on any atom is 0.106 e. The molecule has 0 radical (unpaired) electrons. The maximum absolute atomic E-state index is 8.00. The lowest BCUT2D eigenvalue weighted by atomic mass is 9.61. The molecule has 37 heavy (non-hydrogen) atoms. The molecule has 2 unspecified atom stereocenters. The number of likely N-dealkylation sites (N-methyl/N-ethyl adjacent to an activating group) is 1. The monoisotopic (exact) mass is 514 g/mol. The van der Waals surface area contributed by atoms with Crippen LogP contribution in [0, 0.1) is 11.3 Å². The van der Waals surface area contributed by atoms with E-state index in [1.807, 2.05) is 34.5 Å². The highest BCUT2D eigenvalue weighted by molar-refractivity contribution is 5.44. The van der Waals surface area contributed by atoms with E-state index >= 15 is 0 Å². The Balaban J connectivity index is 0.00000148. The van der Waals surface area contributed by atoms with Crippen molar-refractivity contribution in [2.75, 3.05) is 27.2 Å². The van der Waals surface area contributed by atoms with Gasteiger partial charge in [0.2, 0.25) is 0 Å². The zero-order valence-corrected chi connectivity index (χ0v) is 26.0. The zero-order chi connectivity index (χ0) is 28.8. The highest BCUT2D eigenvalue weighted by Crippen LogP contribution is 2.51. The molecule has 1 aromatic carbocycles. The van der Waals surface area contributed by atoms with Gasteiger partial charge in [0.1, 0.15) is 6.79 Å². The molecule has 2 heterocycles. The average Bonchev–Trinajstić information content (AvgIpc) is 2.92. The van der Waals surface area contributed by atoms with E-state index in [2.05, 4.69) is 94.1 Å². The molecule has 2 aliphatic heterocycles. The summed E-state index contributed by atoms with van der Waals surface area (Å²) in [6, 6.07) is 9.78. The smallest absolute Gasteiger partial charge is 0.106 e. The summed E-state index contributed by atoms with van der Waals surface area (Å²) in [6.45, 7) is 24.2. The maximum atomic E-state index is 8.00. The second-order valence-corrected chi connectivity index (χ2v) is 11.2.